The van der Waals surface area contributed by atoms with Gasteiger partial charge >= 0.3 is 29.8 Å². The Hall–Kier alpha value is -2.69. The summed E-state index contributed by atoms with van der Waals surface area (Å²) in [6.07, 6.45) is 39.8. The maximum Gasteiger partial charge on any atom is 0.313 e. The highest BCUT2D eigenvalue weighted by Gasteiger charge is 2.63. The largest absolute Gasteiger partial charge is 0.459 e. The van der Waals surface area contributed by atoms with E-state index in [2.05, 4.69) is 55.4 Å². The van der Waals surface area contributed by atoms with Gasteiger partial charge in [-0.1, -0.05) is 167 Å². The number of rotatable bonds is 21. The molecule has 0 amide bonds. The molecule has 630 valence electrons. The molecule has 8 bridgehead atoms. The van der Waals surface area contributed by atoms with Crippen LogP contribution in [0.25, 0.3) is 0 Å². The minimum Gasteiger partial charge on any atom is -0.459 e. The van der Waals surface area contributed by atoms with E-state index in [1.54, 1.807) is 0 Å². The molecule has 9 atom stereocenters. The van der Waals surface area contributed by atoms with E-state index in [1.165, 1.54) is 161 Å². The second-order valence-corrected chi connectivity index (χ2v) is 37.8. The van der Waals surface area contributed by atoms with Crippen molar-refractivity contribution in [1.29, 1.82) is 0 Å². The van der Waals surface area contributed by atoms with Crippen molar-refractivity contribution in [3.8, 4) is 0 Å². The number of fused-ring (bicyclic) bond motifs is 9. The number of carbonyl (C=O) groups excluding carboxylic acids is 5. The maximum atomic E-state index is 12.7. The topological polar surface area (TPSA) is 141 Å². The average molecular weight is 1490 g/mol. The average Bonchev–Trinajstić information content (AvgIpc) is 1.71. The molecule has 0 aromatic rings. The minimum absolute atomic E-state index is 0. The quantitative estimate of drug-likeness (QED) is 0.0469. The maximum absolute atomic E-state index is 12.7. The molecule has 0 aromatic heterocycles. The van der Waals surface area contributed by atoms with Gasteiger partial charge in [0.25, 0.3) is 0 Å². The van der Waals surface area contributed by atoms with Gasteiger partial charge in [-0.3, -0.25) is 24.0 Å². The summed E-state index contributed by atoms with van der Waals surface area (Å²) in [5.74, 6) is 9.10. The number of carbonyl (C=O) groups is 5. The lowest BCUT2D eigenvalue weighted by Gasteiger charge is -2.62. The molecule has 11 nitrogen and oxygen atoms in total. The molecule has 11 fully saturated rings. The Morgan fingerprint density at radius 2 is 0.705 bits per heavy atom. The summed E-state index contributed by atoms with van der Waals surface area (Å²) < 4.78 is 35.5. The van der Waals surface area contributed by atoms with Gasteiger partial charge in [0.15, 0.2) is 6.29 Å². The molecule has 0 heterocycles. The van der Waals surface area contributed by atoms with E-state index in [0.29, 0.717) is 17.9 Å². The van der Waals surface area contributed by atoms with Crippen LogP contribution in [0.2, 0.25) is 0 Å². The highest BCUT2D eigenvalue weighted by atomic mass is 16.7. The highest BCUT2D eigenvalue weighted by molar-refractivity contribution is 5.78. The molecule has 0 radical (unpaired) electrons. The molecular weight excluding hydrogens is 1310 g/mol. The normalized spacial score (nSPS) is 27.6. The second-order valence-electron chi connectivity index (χ2n) is 37.8. The predicted octanol–water partition coefficient (Wildman–Crippen LogP) is 28.8. The van der Waals surface area contributed by atoms with Crippen LogP contribution in [0.1, 0.15) is 445 Å². The molecule has 11 aliphatic rings. The Morgan fingerprint density at radius 1 is 0.371 bits per heavy atom. The van der Waals surface area contributed by atoms with E-state index in [4.69, 9.17) is 28.4 Å². The van der Waals surface area contributed by atoms with Gasteiger partial charge in [-0.2, -0.15) is 0 Å². The molecule has 11 rings (SSSR count). The summed E-state index contributed by atoms with van der Waals surface area (Å²) in [5.41, 5.74) is -2.65. The summed E-state index contributed by atoms with van der Waals surface area (Å²) in [6.45, 7) is 46.7. The fraction of sp³-hybridized carbons (Fsp3) is 0.947. The zero-order chi connectivity index (χ0) is 71.0. The molecule has 105 heavy (non-hydrogen) atoms. The van der Waals surface area contributed by atoms with Crippen molar-refractivity contribution >= 4 is 29.8 Å². The van der Waals surface area contributed by atoms with E-state index >= 15 is 0 Å². The van der Waals surface area contributed by atoms with Crippen LogP contribution in [0, 0.1) is 97.6 Å². The molecule has 0 saturated heterocycles. The third kappa shape index (κ3) is 27.9. The molecule has 9 unspecified atom stereocenters. The monoisotopic (exact) mass is 1490 g/mol. The van der Waals surface area contributed by atoms with Gasteiger partial charge in [-0.15, -0.1) is 0 Å². The molecule has 0 aliphatic heterocycles. The lowest BCUT2D eigenvalue weighted by atomic mass is 9.45. The predicted molar refractivity (Wildman–Crippen MR) is 453 cm³/mol. The highest BCUT2D eigenvalue weighted by Crippen LogP contribution is 2.68. The molecular formula is C94H188O11. The van der Waals surface area contributed by atoms with E-state index in [0.717, 1.165) is 105 Å². The number of ether oxygens (including phenoxy) is 6. The van der Waals surface area contributed by atoms with Crippen molar-refractivity contribution in [2.24, 2.45) is 97.6 Å². The molecule has 11 saturated carbocycles. The van der Waals surface area contributed by atoms with Crippen molar-refractivity contribution in [2.75, 3.05) is 0 Å². The third-order valence-electron chi connectivity index (χ3n) is 28.0. The molecule has 0 aromatic carbocycles. The number of esters is 5. The van der Waals surface area contributed by atoms with E-state index in [-0.39, 0.29) is 154 Å². The lowest BCUT2D eigenvalue weighted by molar-refractivity contribution is -0.212. The Labute approximate surface area is 656 Å². The van der Waals surface area contributed by atoms with Gasteiger partial charge in [0.2, 0.25) is 0 Å². The molecule has 11 aliphatic carbocycles. The number of hydrogen-bond acceptors (Lipinski definition) is 11. The van der Waals surface area contributed by atoms with Gasteiger partial charge in [0, 0.05) is 5.41 Å². The van der Waals surface area contributed by atoms with Crippen LogP contribution in [0.5, 0.6) is 0 Å². The summed E-state index contributed by atoms with van der Waals surface area (Å²) in [4.78, 5) is 61.3. The van der Waals surface area contributed by atoms with Gasteiger partial charge in [-0.05, 0) is 343 Å². The summed E-state index contributed by atoms with van der Waals surface area (Å²) >= 11 is 0. The van der Waals surface area contributed by atoms with Crippen LogP contribution in [-0.4, -0.2) is 64.6 Å². The van der Waals surface area contributed by atoms with Crippen molar-refractivity contribution in [3.63, 3.8) is 0 Å². The fourth-order valence-corrected chi connectivity index (χ4v) is 19.1. The summed E-state index contributed by atoms with van der Waals surface area (Å²) in [5, 5.41) is 0. The van der Waals surface area contributed by atoms with Crippen LogP contribution in [0.15, 0.2) is 0 Å². The first-order valence-corrected chi connectivity index (χ1v) is 39.9. The molecule has 11 heteroatoms. The first-order valence-electron chi connectivity index (χ1n) is 39.9. The van der Waals surface area contributed by atoms with Crippen LogP contribution in [0.4, 0.5) is 0 Å². The zero-order valence-corrected chi connectivity index (χ0v) is 65.8. The van der Waals surface area contributed by atoms with Crippen molar-refractivity contribution < 1.29 is 52.4 Å². The third-order valence-corrected chi connectivity index (χ3v) is 28.0. The fourth-order valence-electron chi connectivity index (χ4n) is 19.1. The van der Waals surface area contributed by atoms with Crippen LogP contribution in [-0.2, 0) is 52.4 Å². The Bertz CT molecular complexity index is 2390. The van der Waals surface area contributed by atoms with Crippen molar-refractivity contribution in [2.45, 2.75) is 480 Å². The first-order chi connectivity index (χ1) is 44.1. The van der Waals surface area contributed by atoms with Crippen LogP contribution in [0.3, 0.4) is 0 Å². The number of hydrogen-bond donors (Lipinski definition) is 0. The Morgan fingerprint density at radius 3 is 1.09 bits per heavy atom. The lowest BCUT2D eigenvalue weighted by Crippen LogP contribution is -2.59. The summed E-state index contributed by atoms with van der Waals surface area (Å²) in [6, 6.07) is 0. The first kappa shape index (κ1) is 111. The Balaban J connectivity index is -0.000000391. The van der Waals surface area contributed by atoms with Crippen molar-refractivity contribution in [1.82, 2.24) is 0 Å². The van der Waals surface area contributed by atoms with E-state index in [9.17, 15) is 24.0 Å². The van der Waals surface area contributed by atoms with Crippen LogP contribution < -0.4 is 0 Å². The van der Waals surface area contributed by atoms with Gasteiger partial charge in [-0.25, -0.2) is 0 Å². The smallest absolute Gasteiger partial charge is 0.313 e. The van der Waals surface area contributed by atoms with Crippen molar-refractivity contribution in [3.05, 3.63) is 0 Å². The van der Waals surface area contributed by atoms with Crippen LogP contribution >= 0.6 is 0 Å². The molecule has 0 spiro atoms. The van der Waals surface area contributed by atoms with Gasteiger partial charge in [0.05, 0.1) is 33.2 Å². The SMILES string of the molecule is C.C.C.C.C.C.C.C.C.C.CCC(C)(C)C(=O)OC(C)(C)C1CCCC1.CCC(C)(C)C(=O)OC(C)(C)C1CCCCC1.CCC(C)(C)C(=O)OC(C)(CC)C12CC3CC(CC(C3)C1)C2.CCC(C)(C)C(=O)OC(C)OC1CC2CC1C1C3CCC(C3)C21.CCC(C)(C)C(=O)OC1(C)CCCCCCC1. The second kappa shape index (κ2) is 45.1. The minimum atomic E-state index is -0.415. The van der Waals surface area contributed by atoms with E-state index < -0.39 is 11.7 Å². The van der Waals surface area contributed by atoms with E-state index in [1.807, 2.05) is 104 Å². The van der Waals surface area contributed by atoms with Gasteiger partial charge in [0.1, 0.15) is 22.4 Å². The summed E-state index contributed by atoms with van der Waals surface area (Å²) in [7, 11) is 0. The molecule has 0 N–H and O–H groups in total. The zero-order valence-electron chi connectivity index (χ0n) is 65.8. The Kier molecular flexibility index (Phi) is 47.7. The standard InChI is InChI=1S/C20H32O3.C20H34O2.2C15H28O2.C14H26O2.10CH4/c1-5-20(3,4)19(21)23-11(2)22-16-10-14-9-15(16)18-13-7-6-12(8-13)17(14)18;1-6-18(3,4)17(21)22-19(5,7-2)20-11-14-8-15(12-20)10-16(9-14)13-20;1-6-14(2,3)13(16)17-15(4,5)12-10-8-7-9-11-12;1-5-14(2,3)13(16)17-15(4)11-9-7-6-8-10-12-15;1-6-13(2,3)12(15)16-14(4,5)11-9-7-8-10-11;;;;;;;;;;/h11-18H,5-10H2,1-4H3;14-16H,6-13H2,1-5H3;12H,6-11H2,1-5H3;5-12H2,1-4H3;11H,6-10H2,1-5H3;10*1H4. The van der Waals surface area contributed by atoms with Gasteiger partial charge < -0.3 is 28.4 Å².